The van der Waals surface area contributed by atoms with Crippen LogP contribution in [0.1, 0.15) is 54.4 Å². The lowest BCUT2D eigenvalue weighted by molar-refractivity contribution is -0.00825. The van der Waals surface area contributed by atoms with E-state index in [4.69, 9.17) is 9.47 Å². The van der Waals surface area contributed by atoms with E-state index < -0.39 is 17.3 Å². The molecule has 140 valence electrons. The highest BCUT2D eigenvalue weighted by molar-refractivity contribution is 5.70. The quantitative estimate of drug-likeness (QED) is 0.851. The van der Waals surface area contributed by atoms with Crippen molar-refractivity contribution in [2.24, 2.45) is 0 Å². The molecule has 1 fully saturated rings. The molecule has 0 aromatic heterocycles. The summed E-state index contributed by atoms with van der Waals surface area (Å²) in [4.78, 5) is 27.8. The van der Waals surface area contributed by atoms with Crippen LogP contribution in [0, 0.1) is 0 Å². The summed E-state index contributed by atoms with van der Waals surface area (Å²) in [6, 6.07) is -0.187. The normalized spacial score (nSPS) is 19.0. The highest BCUT2D eigenvalue weighted by Crippen LogP contribution is 2.21. The minimum atomic E-state index is -0.607. The fourth-order valence-corrected chi connectivity index (χ4v) is 2.55. The van der Waals surface area contributed by atoms with Crippen molar-refractivity contribution in [1.29, 1.82) is 0 Å². The lowest BCUT2D eigenvalue weighted by Crippen LogP contribution is -2.54. The Balaban J connectivity index is 2.77. The molecule has 2 amide bonds. The maximum Gasteiger partial charge on any atom is 0.410 e. The number of hydrogen-bond donors (Lipinski definition) is 1. The average molecular weight is 344 g/mol. The Hall–Kier alpha value is -1.50. The molecule has 0 aliphatic carbocycles. The topological polar surface area (TPSA) is 79.3 Å². The second-order valence-corrected chi connectivity index (χ2v) is 8.12. The number of hydrogen-bond acceptors (Lipinski definition) is 5. The molecule has 1 unspecified atom stereocenters. The molecule has 7 heteroatoms. The minimum Gasteiger partial charge on any atom is -0.444 e. The van der Waals surface area contributed by atoms with Crippen molar-refractivity contribution >= 4 is 12.2 Å². The first kappa shape index (κ1) is 20.5. The number of rotatable bonds is 3. The van der Waals surface area contributed by atoms with E-state index in [0.29, 0.717) is 13.1 Å². The third-order valence-corrected chi connectivity index (χ3v) is 3.46. The van der Waals surface area contributed by atoms with E-state index in [0.717, 1.165) is 12.8 Å². The van der Waals surface area contributed by atoms with E-state index in [9.17, 15) is 14.7 Å². The number of carbonyl (C=O) groups excluding carboxylic acids is 2. The number of carbonyl (C=O) groups is 2. The smallest absolute Gasteiger partial charge is 0.410 e. The van der Waals surface area contributed by atoms with E-state index >= 15 is 0 Å². The fourth-order valence-electron chi connectivity index (χ4n) is 2.55. The van der Waals surface area contributed by atoms with Crippen molar-refractivity contribution in [2.75, 3.05) is 26.2 Å². The number of ether oxygens (including phenoxy) is 2. The van der Waals surface area contributed by atoms with Crippen LogP contribution >= 0.6 is 0 Å². The van der Waals surface area contributed by atoms with Gasteiger partial charge in [0.15, 0.2) is 0 Å². The summed E-state index contributed by atoms with van der Waals surface area (Å²) in [7, 11) is 0. The Morgan fingerprint density at radius 2 is 1.71 bits per heavy atom. The van der Waals surface area contributed by atoms with E-state index in [1.807, 2.05) is 20.8 Å². The summed E-state index contributed by atoms with van der Waals surface area (Å²) < 4.78 is 10.8. The van der Waals surface area contributed by atoms with Crippen LogP contribution in [0.2, 0.25) is 0 Å². The Morgan fingerprint density at radius 1 is 1.12 bits per heavy atom. The molecule has 1 saturated heterocycles. The van der Waals surface area contributed by atoms with Crippen molar-refractivity contribution < 1.29 is 24.2 Å². The number of piperidine rings is 1. The summed E-state index contributed by atoms with van der Waals surface area (Å²) in [6.45, 7) is 11.9. The molecule has 24 heavy (non-hydrogen) atoms. The van der Waals surface area contributed by atoms with Crippen LogP contribution in [0.5, 0.6) is 0 Å². The number of aliphatic hydroxyl groups excluding tert-OH is 1. The zero-order valence-electron chi connectivity index (χ0n) is 15.8. The first-order valence-corrected chi connectivity index (χ1v) is 8.51. The number of amides is 2. The van der Waals surface area contributed by atoms with Crippen molar-refractivity contribution in [3.63, 3.8) is 0 Å². The molecular weight excluding hydrogens is 312 g/mol. The molecule has 0 spiro atoms. The van der Waals surface area contributed by atoms with Gasteiger partial charge in [0.25, 0.3) is 0 Å². The van der Waals surface area contributed by atoms with E-state index in [1.54, 1.807) is 25.7 Å². The Labute approximate surface area is 144 Å². The van der Waals surface area contributed by atoms with Gasteiger partial charge in [0, 0.05) is 19.6 Å². The first-order chi connectivity index (χ1) is 10.9. The second kappa shape index (κ2) is 8.05. The first-order valence-electron chi connectivity index (χ1n) is 8.51. The van der Waals surface area contributed by atoms with Crippen LogP contribution in [-0.4, -0.2) is 70.6 Å². The minimum absolute atomic E-state index is 0.151. The van der Waals surface area contributed by atoms with Crippen LogP contribution in [-0.2, 0) is 9.47 Å². The number of likely N-dealkylation sites (tertiary alicyclic amines) is 1. The third kappa shape index (κ3) is 6.95. The molecule has 7 nitrogen and oxygen atoms in total. The lowest BCUT2D eigenvalue weighted by Gasteiger charge is -2.39. The highest BCUT2D eigenvalue weighted by atomic mass is 16.6. The van der Waals surface area contributed by atoms with E-state index in [2.05, 4.69) is 0 Å². The molecule has 0 saturated carbocycles. The van der Waals surface area contributed by atoms with Crippen LogP contribution < -0.4 is 0 Å². The van der Waals surface area contributed by atoms with Gasteiger partial charge in [0.2, 0.25) is 0 Å². The van der Waals surface area contributed by atoms with Gasteiger partial charge in [-0.15, -0.1) is 0 Å². The summed E-state index contributed by atoms with van der Waals surface area (Å²) in [5, 5.41) is 9.29. The maximum atomic E-state index is 12.4. The summed E-state index contributed by atoms with van der Waals surface area (Å²) in [5.41, 5.74) is -1.16. The molecule has 1 N–H and O–H groups in total. The van der Waals surface area contributed by atoms with Crippen LogP contribution in [0.25, 0.3) is 0 Å². The average Bonchev–Trinajstić information content (AvgIpc) is 2.41. The van der Waals surface area contributed by atoms with Gasteiger partial charge < -0.3 is 24.4 Å². The molecule has 1 aliphatic rings. The standard InChI is InChI=1S/C17H32N2O5/c1-16(2,3)23-14(21)18-9-7-8-13(12-18)19(10-11-20)15(22)24-17(4,5)6/h13,20H,7-12H2,1-6H3. The van der Waals surface area contributed by atoms with Gasteiger partial charge in [0.05, 0.1) is 12.6 Å². The van der Waals surface area contributed by atoms with Crippen molar-refractivity contribution in [3.8, 4) is 0 Å². The number of nitrogens with zero attached hydrogens (tertiary/aromatic N) is 2. The predicted octanol–water partition coefficient (Wildman–Crippen LogP) is 2.62. The van der Waals surface area contributed by atoms with Gasteiger partial charge in [-0.05, 0) is 54.4 Å². The van der Waals surface area contributed by atoms with Gasteiger partial charge in [-0.1, -0.05) is 0 Å². The van der Waals surface area contributed by atoms with Gasteiger partial charge in [-0.25, -0.2) is 9.59 Å². The molecule has 1 aliphatic heterocycles. The maximum absolute atomic E-state index is 12.4. The SMILES string of the molecule is CC(C)(C)OC(=O)N1CCCC(N(CCO)C(=O)OC(C)(C)C)C1. The monoisotopic (exact) mass is 344 g/mol. The van der Waals surface area contributed by atoms with Gasteiger partial charge in [0.1, 0.15) is 11.2 Å². The van der Waals surface area contributed by atoms with Gasteiger partial charge in [-0.3, -0.25) is 0 Å². The van der Waals surface area contributed by atoms with Crippen molar-refractivity contribution in [3.05, 3.63) is 0 Å². The van der Waals surface area contributed by atoms with Crippen molar-refractivity contribution in [1.82, 2.24) is 9.80 Å². The fraction of sp³-hybridized carbons (Fsp3) is 0.882. The molecule has 0 bridgehead atoms. The largest absolute Gasteiger partial charge is 0.444 e. The molecule has 1 rings (SSSR count). The molecule has 1 heterocycles. The Kier molecular flexibility index (Phi) is 6.89. The van der Waals surface area contributed by atoms with Crippen LogP contribution in [0.15, 0.2) is 0 Å². The van der Waals surface area contributed by atoms with E-state index in [-0.39, 0.29) is 25.3 Å². The van der Waals surface area contributed by atoms with Gasteiger partial charge >= 0.3 is 12.2 Å². The summed E-state index contributed by atoms with van der Waals surface area (Å²) >= 11 is 0. The molecule has 0 radical (unpaired) electrons. The van der Waals surface area contributed by atoms with Crippen LogP contribution in [0.4, 0.5) is 9.59 Å². The summed E-state index contributed by atoms with van der Waals surface area (Å²) in [5.74, 6) is 0. The molecule has 0 aromatic rings. The van der Waals surface area contributed by atoms with Crippen molar-refractivity contribution in [2.45, 2.75) is 71.6 Å². The molecule has 0 aromatic carbocycles. The molecular formula is C17H32N2O5. The van der Waals surface area contributed by atoms with Crippen LogP contribution in [0.3, 0.4) is 0 Å². The zero-order valence-corrected chi connectivity index (χ0v) is 15.8. The van der Waals surface area contributed by atoms with E-state index in [1.165, 1.54) is 4.90 Å². The summed E-state index contributed by atoms with van der Waals surface area (Å²) in [6.07, 6.45) is 0.695. The second-order valence-electron chi connectivity index (χ2n) is 8.12. The Morgan fingerprint density at radius 3 is 2.21 bits per heavy atom. The Bertz CT molecular complexity index is 439. The lowest BCUT2D eigenvalue weighted by atomic mass is 10.0. The third-order valence-electron chi connectivity index (χ3n) is 3.46. The predicted molar refractivity (Wildman–Crippen MR) is 90.9 cm³/mol. The van der Waals surface area contributed by atoms with Gasteiger partial charge in [-0.2, -0.15) is 0 Å². The zero-order chi connectivity index (χ0) is 18.5. The molecule has 1 atom stereocenters. The number of aliphatic hydroxyl groups is 1. The highest BCUT2D eigenvalue weighted by Gasteiger charge is 2.34.